The van der Waals surface area contributed by atoms with Gasteiger partial charge in [0.05, 0.1) is 0 Å². The zero-order valence-electron chi connectivity index (χ0n) is 24.7. The van der Waals surface area contributed by atoms with E-state index in [1.807, 2.05) is 0 Å². The van der Waals surface area contributed by atoms with Gasteiger partial charge in [-0.1, -0.05) is 156 Å². The maximum absolute atomic E-state index is 2.69. The number of rotatable bonds is 27. The van der Waals surface area contributed by atoms with Crippen LogP contribution in [0.25, 0.3) is 0 Å². The summed E-state index contributed by atoms with van der Waals surface area (Å²) in [6.07, 6.45) is 41.0. The van der Waals surface area contributed by atoms with Gasteiger partial charge in [0.25, 0.3) is 0 Å². The van der Waals surface area contributed by atoms with E-state index in [1.54, 1.807) is 0 Å². The van der Waals surface area contributed by atoms with Gasteiger partial charge in [0, 0.05) is 25.5 Å². The molecule has 2 heteroatoms. The lowest BCUT2D eigenvalue weighted by molar-refractivity contribution is 0.135. The van der Waals surface area contributed by atoms with E-state index in [9.17, 15) is 0 Å². The standard InChI is InChI=1S/C33H66N2/c1-4-7-10-13-15-16-17-18-19-20-22-25-28-33-34(29-26-23-12-9-6-3)31-32-35(33)30-27-24-21-14-11-8-5-2/h31-33H,4-30H2,1-3H3. The van der Waals surface area contributed by atoms with Crippen LogP contribution < -0.4 is 0 Å². The maximum atomic E-state index is 2.69. The molecule has 1 aliphatic rings. The Bertz CT molecular complexity index is 446. The summed E-state index contributed by atoms with van der Waals surface area (Å²) in [5, 5.41) is 0. The molecular formula is C33H66N2. The third-order valence-electron chi connectivity index (χ3n) is 8.07. The smallest absolute Gasteiger partial charge is 0.101 e. The van der Waals surface area contributed by atoms with Crippen molar-refractivity contribution in [1.82, 2.24) is 9.80 Å². The Morgan fingerprint density at radius 2 is 0.657 bits per heavy atom. The molecule has 0 aromatic carbocycles. The first-order valence-corrected chi connectivity index (χ1v) is 16.5. The molecule has 0 aromatic rings. The molecule has 1 aliphatic heterocycles. The topological polar surface area (TPSA) is 6.48 Å². The van der Waals surface area contributed by atoms with Gasteiger partial charge in [0.1, 0.15) is 6.17 Å². The van der Waals surface area contributed by atoms with Gasteiger partial charge >= 0.3 is 0 Å². The van der Waals surface area contributed by atoms with Crippen molar-refractivity contribution >= 4 is 0 Å². The van der Waals surface area contributed by atoms with Crippen LogP contribution in [-0.2, 0) is 0 Å². The van der Waals surface area contributed by atoms with Crippen LogP contribution in [0.4, 0.5) is 0 Å². The highest BCUT2D eigenvalue weighted by Gasteiger charge is 2.24. The molecule has 0 saturated heterocycles. The molecule has 0 aliphatic carbocycles. The van der Waals surface area contributed by atoms with E-state index in [2.05, 4.69) is 43.0 Å². The second kappa shape index (κ2) is 25.0. The first-order valence-electron chi connectivity index (χ1n) is 16.5. The van der Waals surface area contributed by atoms with Crippen LogP contribution in [0.1, 0.15) is 181 Å². The Hall–Kier alpha value is -0.660. The summed E-state index contributed by atoms with van der Waals surface area (Å²) in [6.45, 7) is 9.46. The number of hydrogen-bond acceptors (Lipinski definition) is 2. The molecule has 0 spiro atoms. The van der Waals surface area contributed by atoms with Crippen molar-refractivity contribution in [2.75, 3.05) is 13.1 Å². The first-order chi connectivity index (χ1) is 17.3. The molecule has 208 valence electrons. The summed E-state index contributed by atoms with van der Waals surface area (Å²) in [5.41, 5.74) is 0. The molecule has 0 N–H and O–H groups in total. The SMILES string of the molecule is CCCCCCCCCCCCCCC1N(CCCCCCC)C=CN1CCCCCCCCC. The van der Waals surface area contributed by atoms with Crippen LogP contribution in [0, 0.1) is 0 Å². The molecule has 0 radical (unpaired) electrons. The fourth-order valence-electron chi connectivity index (χ4n) is 5.66. The monoisotopic (exact) mass is 491 g/mol. The van der Waals surface area contributed by atoms with E-state index in [1.165, 1.54) is 174 Å². The lowest BCUT2D eigenvalue weighted by atomic mass is 10.0. The van der Waals surface area contributed by atoms with Crippen molar-refractivity contribution < 1.29 is 0 Å². The highest BCUT2D eigenvalue weighted by Crippen LogP contribution is 2.24. The van der Waals surface area contributed by atoms with Gasteiger partial charge in [-0.2, -0.15) is 0 Å². The normalized spacial score (nSPS) is 15.6. The molecule has 1 atom stereocenters. The molecule has 2 nitrogen and oxygen atoms in total. The fraction of sp³-hybridized carbons (Fsp3) is 0.939. The number of unbranched alkanes of at least 4 members (excludes halogenated alkanes) is 21. The van der Waals surface area contributed by atoms with Crippen molar-refractivity contribution in [2.45, 2.75) is 187 Å². The van der Waals surface area contributed by atoms with Gasteiger partial charge in [0.15, 0.2) is 0 Å². The lowest BCUT2D eigenvalue weighted by Gasteiger charge is -2.33. The molecule has 1 rings (SSSR count). The Morgan fingerprint density at radius 3 is 1.00 bits per heavy atom. The van der Waals surface area contributed by atoms with E-state index in [0.29, 0.717) is 6.17 Å². The lowest BCUT2D eigenvalue weighted by Crippen LogP contribution is -2.39. The van der Waals surface area contributed by atoms with Gasteiger partial charge in [-0.25, -0.2) is 0 Å². The highest BCUT2D eigenvalue weighted by molar-refractivity contribution is 4.97. The minimum absolute atomic E-state index is 0.643. The minimum atomic E-state index is 0.643. The van der Waals surface area contributed by atoms with Crippen molar-refractivity contribution in [1.29, 1.82) is 0 Å². The first kappa shape index (κ1) is 32.4. The summed E-state index contributed by atoms with van der Waals surface area (Å²) in [6, 6.07) is 0. The number of nitrogens with zero attached hydrogens (tertiary/aromatic N) is 2. The highest BCUT2D eigenvalue weighted by atomic mass is 15.4. The summed E-state index contributed by atoms with van der Waals surface area (Å²) in [4.78, 5) is 5.38. The van der Waals surface area contributed by atoms with Crippen molar-refractivity contribution in [3.63, 3.8) is 0 Å². The molecule has 0 saturated carbocycles. The van der Waals surface area contributed by atoms with E-state index in [-0.39, 0.29) is 0 Å². The Kier molecular flexibility index (Phi) is 23.1. The molecule has 1 heterocycles. The second-order valence-electron chi connectivity index (χ2n) is 11.5. The third kappa shape index (κ3) is 18.3. The van der Waals surface area contributed by atoms with Gasteiger partial charge in [0.2, 0.25) is 0 Å². The largest absolute Gasteiger partial charge is 0.356 e. The van der Waals surface area contributed by atoms with Gasteiger partial charge in [-0.15, -0.1) is 0 Å². The molecular weight excluding hydrogens is 424 g/mol. The Labute approximate surface area is 222 Å². The molecule has 0 aromatic heterocycles. The fourth-order valence-corrected chi connectivity index (χ4v) is 5.66. The molecule has 0 fully saturated rings. The van der Waals surface area contributed by atoms with Crippen molar-refractivity contribution in [3.8, 4) is 0 Å². The molecule has 0 amide bonds. The number of hydrogen-bond donors (Lipinski definition) is 0. The van der Waals surface area contributed by atoms with E-state index in [4.69, 9.17) is 0 Å². The van der Waals surface area contributed by atoms with Crippen LogP contribution in [0.15, 0.2) is 12.4 Å². The third-order valence-corrected chi connectivity index (χ3v) is 8.07. The zero-order valence-corrected chi connectivity index (χ0v) is 24.7. The van der Waals surface area contributed by atoms with Crippen LogP contribution in [-0.4, -0.2) is 29.1 Å². The van der Waals surface area contributed by atoms with Crippen molar-refractivity contribution in [2.24, 2.45) is 0 Å². The summed E-state index contributed by atoms with van der Waals surface area (Å²) in [7, 11) is 0. The predicted octanol–water partition coefficient (Wildman–Crippen LogP) is 11.2. The van der Waals surface area contributed by atoms with Crippen LogP contribution in [0.2, 0.25) is 0 Å². The van der Waals surface area contributed by atoms with Crippen LogP contribution in [0.5, 0.6) is 0 Å². The minimum Gasteiger partial charge on any atom is -0.356 e. The summed E-state index contributed by atoms with van der Waals surface area (Å²) >= 11 is 0. The Morgan fingerprint density at radius 1 is 0.371 bits per heavy atom. The van der Waals surface area contributed by atoms with Crippen LogP contribution in [0.3, 0.4) is 0 Å². The zero-order chi connectivity index (χ0) is 25.2. The van der Waals surface area contributed by atoms with Crippen LogP contribution >= 0.6 is 0 Å². The second-order valence-corrected chi connectivity index (χ2v) is 11.5. The van der Waals surface area contributed by atoms with Crippen molar-refractivity contribution in [3.05, 3.63) is 12.4 Å². The Balaban J connectivity index is 2.21. The van der Waals surface area contributed by atoms with Gasteiger partial charge in [-0.05, 0) is 25.7 Å². The van der Waals surface area contributed by atoms with E-state index >= 15 is 0 Å². The summed E-state index contributed by atoms with van der Waals surface area (Å²) in [5.74, 6) is 0. The van der Waals surface area contributed by atoms with E-state index in [0.717, 1.165) is 0 Å². The predicted molar refractivity (Wildman–Crippen MR) is 159 cm³/mol. The quantitative estimate of drug-likeness (QED) is 0.106. The molecule has 35 heavy (non-hydrogen) atoms. The molecule has 1 unspecified atom stereocenters. The molecule has 0 bridgehead atoms. The van der Waals surface area contributed by atoms with E-state index < -0.39 is 0 Å². The van der Waals surface area contributed by atoms with Gasteiger partial charge in [-0.3, -0.25) is 0 Å². The average molecular weight is 491 g/mol. The maximum Gasteiger partial charge on any atom is 0.101 e. The summed E-state index contributed by atoms with van der Waals surface area (Å²) < 4.78 is 0. The van der Waals surface area contributed by atoms with Gasteiger partial charge < -0.3 is 9.80 Å². The average Bonchev–Trinajstić information content (AvgIpc) is 3.25.